The topological polar surface area (TPSA) is 47.0 Å². The number of nitrogens with one attached hydrogen (secondary N) is 1. The maximum atomic E-state index is 6.07. The largest absolute Gasteiger partial charge is 0.381 e. The molecule has 1 aromatic heterocycles. The summed E-state index contributed by atoms with van der Waals surface area (Å²) in [6.07, 6.45) is 5.50. The molecule has 0 amide bonds. The Kier molecular flexibility index (Phi) is 5.49. The van der Waals surface area contributed by atoms with E-state index < -0.39 is 0 Å². The van der Waals surface area contributed by atoms with Crippen LogP contribution in [0, 0.1) is 6.92 Å². The van der Waals surface area contributed by atoms with Crippen molar-refractivity contribution in [1.29, 1.82) is 0 Å². The number of rotatable bonds is 5. The van der Waals surface area contributed by atoms with Crippen LogP contribution in [-0.2, 0) is 10.2 Å². The lowest BCUT2D eigenvalue weighted by Crippen LogP contribution is -2.43. The van der Waals surface area contributed by atoms with E-state index in [4.69, 9.17) is 16.3 Å². The van der Waals surface area contributed by atoms with Crippen molar-refractivity contribution in [3.8, 4) is 0 Å². The van der Waals surface area contributed by atoms with Crippen LogP contribution in [0.25, 0.3) is 0 Å². The number of hydrogen-bond donors (Lipinski definition) is 1. The summed E-state index contributed by atoms with van der Waals surface area (Å²) in [5, 5.41) is 4.45. The fraction of sp³-hybridized carbons (Fsp3) is 0.474. The van der Waals surface area contributed by atoms with Crippen LogP contribution in [0.1, 0.15) is 42.8 Å². The van der Waals surface area contributed by atoms with Gasteiger partial charge in [0.25, 0.3) is 0 Å². The Balaban J connectivity index is 1.78. The molecular weight excluding hydrogens is 322 g/mol. The van der Waals surface area contributed by atoms with Gasteiger partial charge in [-0.05, 0) is 44.4 Å². The maximum Gasteiger partial charge on any atom is 0.0782 e. The van der Waals surface area contributed by atoms with Gasteiger partial charge in [0.1, 0.15) is 0 Å². The van der Waals surface area contributed by atoms with E-state index in [0.29, 0.717) is 0 Å². The lowest BCUT2D eigenvalue weighted by molar-refractivity contribution is 0.0490. The minimum Gasteiger partial charge on any atom is -0.381 e. The maximum absolute atomic E-state index is 6.07. The summed E-state index contributed by atoms with van der Waals surface area (Å²) in [5.74, 6) is 0. The molecular formula is C19H24ClN3O. The SMILES string of the molecule is Cc1nccnc1C(C)NCC1(c2ccc(Cl)cc2)CCOCC1. The van der Waals surface area contributed by atoms with E-state index in [1.165, 1.54) is 5.56 Å². The van der Waals surface area contributed by atoms with Crippen molar-refractivity contribution in [2.45, 2.75) is 38.1 Å². The fourth-order valence-electron chi connectivity index (χ4n) is 3.42. The van der Waals surface area contributed by atoms with E-state index >= 15 is 0 Å². The van der Waals surface area contributed by atoms with Gasteiger partial charge in [-0.25, -0.2) is 0 Å². The van der Waals surface area contributed by atoms with E-state index in [9.17, 15) is 0 Å². The molecule has 0 radical (unpaired) electrons. The normalized spacial score (nSPS) is 18.3. The summed E-state index contributed by atoms with van der Waals surface area (Å²) in [4.78, 5) is 8.82. The average molecular weight is 346 g/mol. The first kappa shape index (κ1) is 17.3. The molecule has 2 heterocycles. The Labute approximate surface area is 148 Å². The van der Waals surface area contributed by atoms with Gasteiger partial charge in [0.15, 0.2) is 0 Å². The smallest absolute Gasteiger partial charge is 0.0782 e. The molecule has 1 aliphatic heterocycles. The van der Waals surface area contributed by atoms with E-state index in [2.05, 4.69) is 34.3 Å². The quantitative estimate of drug-likeness (QED) is 0.894. The van der Waals surface area contributed by atoms with Crippen molar-refractivity contribution >= 4 is 11.6 Å². The molecule has 1 fully saturated rings. The molecule has 1 saturated heterocycles. The predicted molar refractivity (Wildman–Crippen MR) is 96.4 cm³/mol. The number of nitrogens with zero attached hydrogens (tertiary/aromatic N) is 2. The van der Waals surface area contributed by atoms with Gasteiger partial charge in [-0.2, -0.15) is 0 Å². The van der Waals surface area contributed by atoms with Crippen molar-refractivity contribution in [2.24, 2.45) is 0 Å². The monoisotopic (exact) mass is 345 g/mol. The molecule has 1 aliphatic rings. The lowest BCUT2D eigenvalue weighted by Gasteiger charge is -2.39. The molecule has 5 heteroatoms. The van der Waals surface area contributed by atoms with Crippen LogP contribution in [0.4, 0.5) is 0 Å². The number of aryl methyl sites for hydroxylation is 1. The summed E-state index contributed by atoms with van der Waals surface area (Å²) in [5.41, 5.74) is 3.39. The summed E-state index contributed by atoms with van der Waals surface area (Å²) < 4.78 is 5.60. The first-order valence-electron chi connectivity index (χ1n) is 8.45. The molecule has 0 saturated carbocycles. The Morgan fingerprint density at radius 1 is 1.17 bits per heavy atom. The zero-order chi connectivity index (χ0) is 17.0. The van der Waals surface area contributed by atoms with E-state index in [-0.39, 0.29) is 11.5 Å². The van der Waals surface area contributed by atoms with E-state index in [0.717, 1.165) is 49.0 Å². The molecule has 4 nitrogen and oxygen atoms in total. The third-order valence-electron chi connectivity index (χ3n) is 4.98. The van der Waals surface area contributed by atoms with Crippen molar-refractivity contribution in [2.75, 3.05) is 19.8 Å². The minimum atomic E-state index is 0.0766. The molecule has 1 aromatic carbocycles. The highest BCUT2D eigenvalue weighted by Crippen LogP contribution is 2.35. The Bertz CT molecular complexity index is 669. The molecule has 128 valence electrons. The van der Waals surface area contributed by atoms with Crippen LogP contribution in [0.15, 0.2) is 36.7 Å². The van der Waals surface area contributed by atoms with Gasteiger partial charge in [-0.1, -0.05) is 23.7 Å². The van der Waals surface area contributed by atoms with Gasteiger partial charge in [0, 0.05) is 48.6 Å². The summed E-state index contributed by atoms with van der Waals surface area (Å²) in [6, 6.07) is 8.40. The number of benzene rings is 1. The Hall–Kier alpha value is -1.49. The van der Waals surface area contributed by atoms with Crippen molar-refractivity contribution < 1.29 is 4.74 Å². The molecule has 24 heavy (non-hydrogen) atoms. The van der Waals surface area contributed by atoms with Crippen LogP contribution in [0.5, 0.6) is 0 Å². The van der Waals surface area contributed by atoms with Crippen LogP contribution in [0.3, 0.4) is 0 Å². The molecule has 0 spiro atoms. The molecule has 2 aromatic rings. The number of halogens is 1. The Morgan fingerprint density at radius 3 is 2.50 bits per heavy atom. The lowest BCUT2D eigenvalue weighted by atomic mass is 9.74. The van der Waals surface area contributed by atoms with Gasteiger partial charge >= 0.3 is 0 Å². The third kappa shape index (κ3) is 3.77. The summed E-state index contributed by atoms with van der Waals surface area (Å²) >= 11 is 6.07. The molecule has 1 N–H and O–H groups in total. The summed E-state index contributed by atoms with van der Waals surface area (Å²) in [7, 11) is 0. The summed E-state index contributed by atoms with van der Waals surface area (Å²) in [6.45, 7) is 6.62. The molecule has 0 aliphatic carbocycles. The van der Waals surface area contributed by atoms with Gasteiger partial charge in [0.05, 0.1) is 11.4 Å². The molecule has 1 atom stereocenters. The zero-order valence-electron chi connectivity index (χ0n) is 14.3. The molecule has 0 bridgehead atoms. The van der Waals surface area contributed by atoms with Gasteiger partial charge in [-0.3, -0.25) is 9.97 Å². The van der Waals surface area contributed by atoms with Crippen LogP contribution < -0.4 is 5.32 Å². The molecule has 1 unspecified atom stereocenters. The second kappa shape index (κ2) is 7.60. The van der Waals surface area contributed by atoms with Gasteiger partial charge < -0.3 is 10.1 Å². The van der Waals surface area contributed by atoms with Gasteiger partial charge in [-0.15, -0.1) is 0 Å². The predicted octanol–water partition coefficient (Wildman–Crippen LogP) is 3.84. The second-order valence-corrected chi connectivity index (χ2v) is 6.97. The zero-order valence-corrected chi connectivity index (χ0v) is 15.0. The first-order valence-corrected chi connectivity index (χ1v) is 8.83. The van der Waals surface area contributed by atoms with Crippen LogP contribution >= 0.6 is 11.6 Å². The average Bonchev–Trinajstić information content (AvgIpc) is 2.61. The Morgan fingerprint density at radius 2 is 1.83 bits per heavy atom. The fourth-order valence-corrected chi connectivity index (χ4v) is 3.55. The first-order chi connectivity index (χ1) is 11.6. The minimum absolute atomic E-state index is 0.0766. The molecule has 3 rings (SSSR count). The van der Waals surface area contributed by atoms with Crippen molar-refractivity contribution in [1.82, 2.24) is 15.3 Å². The highest BCUT2D eigenvalue weighted by molar-refractivity contribution is 6.30. The number of hydrogen-bond acceptors (Lipinski definition) is 4. The number of ether oxygens (including phenoxy) is 1. The van der Waals surface area contributed by atoms with Crippen LogP contribution in [-0.4, -0.2) is 29.7 Å². The standard InChI is InChI=1S/C19H24ClN3O/c1-14-18(22-10-9-21-14)15(2)23-13-19(7-11-24-12-8-19)16-3-5-17(20)6-4-16/h3-6,9-10,15,23H,7-8,11-13H2,1-2H3. The van der Waals surface area contributed by atoms with Crippen LogP contribution in [0.2, 0.25) is 5.02 Å². The highest BCUT2D eigenvalue weighted by Gasteiger charge is 2.34. The second-order valence-electron chi connectivity index (χ2n) is 6.53. The van der Waals surface area contributed by atoms with Crippen molar-refractivity contribution in [3.63, 3.8) is 0 Å². The van der Waals surface area contributed by atoms with Gasteiger partial charge in [0.2, 0.25) is 0 Å². The third-order valence-corrected chi connectivity index (χ3v) is 5.23. The van der Waals surface area contributed by atoms with E-state index in [1.54, 1.807) is 12.4 Å². The number of aromatic nitrogens is 2. The highest BCUT2D eigenvalue weighted by atomic mass is 35.5. The van der Waals surface area contributed by atoms with Crippen molar-refractivity contribution in [3.05, 3.63) is 58.6 Å². The van der Waals surface area contributed by atoms with E-state index in [1.807, 2.05) is 19.1 Å².